The quantitative estimate of drug-likeness (QED) is 0.224. The summed E-state index contributed by atoms with van der Waals surface area (Å²) in [5, 5.41) is 6.21. The third-order valence-corrected chi connectivity index (χ3v) is 3.60. The van der Waals surface area contributed by atoms with Crippen LogP contribution in [0.15, 0.2) is 52.1 Å². The predicted molar refractivity (Wildman–Crippen MR) is 113 cm³/mol. The standard InChI is InChI=1S/C19H24F3N3O2.HI/c1-2-23-18(24-9-5-10-26-14-17-8-4-11-27-17)25-13-15-6-3-7-16(12-15)19(20,21)22;/h3-4,6-8,11-12H,2,5,9-10,13-14H2,1H3,(H2,23,24,25);1H. The monoisotopic (exact) mass is 511 g/mol. The Labute approximate surface area is 179 Å². The molecule has 0 aliphatic heterocycles. The number of aliphatic imine (C=N–C) groups is 1. The fourth-order valence-electron chi connectivity index (χ4n) is 2.31. The van der Waals surface area contributed by atoms with Crippen LogP contribution in [0.4, 0.5) is 13.2 Å². The molecule has 0 unspecified atom stereocenters. The summed E-state index contributed by atoms with van der Waals surface area (Å²) in [6, 6.07) is 8.86. The number of benzene rings is 1. The van der Waals surface area contributed by atoms with Crippen molar-refractivity contribution >= 4 is 29.9 Å². The van der Waals surface area contributed by atoms with Crippen LogP contribution in [0.5, 0.6) is 0 Å². The first-order chi connectivity index (χ1) is 13.0. The van der Waals surface area contributed by atoms with Crippen LogP contribution in [0.25, 0.3) is 0 Å². The molecule has 1 heterocycles. The fourth-order valence-corrected chi connectivity index (χ4v) is 2.31. The van der Waals surface area contributed by atoms with Gasteiger partial charge >= 0.3 is 6.18 Å². The lowest BCUT2D eigenvalue weighted by molar-refractivity contribution is -0.137. The van der Waals surface area contributed by atoms with Crippen LogP contribution < -0.4 is 10.6 Å². The molecular weight excluding hydrogens is 486 g/mol. The van der Waals surface area contributed by atoms with Gasteiger partial charge in [0.25, 0.3) is 0 Å². The smallest absolute Gasteiger partial charge is 0.416 e. The van der Waals surface area contributed by atoms with E-state index in [0.717, 1.165) is 24.3 Å². The third-order valence-electron chi connectivity index (χ3n) is 3.60. The molecule has 0 saturated heterocycles. The SMILES string of the molecule is CCNC(=NCc1cccc(C(F)(F)F)c1)NCCCOCc1ccco1.I. The molecule has 1 aromatic carbocycles. The second-order valence-corrected chi connectivity index (χ2v) is 5.81. The van der Waals surface area contributed by atoms with Crippen LogP contribution >= 0.6 is 24.0 Å². The van der Waals surface area contributed by atoms with Crippen LogP contribution in [0, 0.1) is 0 Å². The molecule has 5 nitrogen and oxygen atoms in total. The number of alkyl halides is 3. The zero-order valence-electron chi connectivity index (χ0n) is 15.6. The van der Waals surface area contributed by atoms with E-state index in [0.29, 0.717) is 37.8 Å². The number of halogens is 4. The third kappa shape index (κ3) is 8.96. The molecule has 1 aromatic heterocycles. The average molecular weight is 511 g/mol. The summed E-state index contributed by atoms with van der Waals surface area (Å²) in [6.07, 6.45) is -1.99. The van der Waals surface area contributed by atoms with E-state index in [4.69, 9.17) is 9.15 Å². The van der Waals surface area contributed by atoms with Crippen molar-refractivity contribution in [1.29, 1.82) is 0 Å². The van der Waals surface area contributed by atoms with Gasteiger partial charge in [0.2, 0.25) is 0 Å². The topological polar surface area (TPSA) is 58.8 Å². The Bertz CT molecular complexity index is 707. The highest BCUT2D eigenvalue weighted by Gasteiger charge is 2.30. The molecule has 2 N–H and O–H groups in total. The minimum Gasteiger partial charge on any atom is -0.467 e. The first-order valence-corrected chi connectivity index (χ1v) is 8.77. The van der Waals surface area contributed by atoms with Crippen molar-refractivity contribution < 1.29 is 22.3 Å². The number of nitrogens with zero attached hydrogens (tertiary/aromatic N) is 1. The number of hydrogen-bond donors (Lipinski definition) is 2. The molecule has 2 rings (SSSR count). The molecule has 0 fully saturated rings. The van der Waals surface area contributed by atoms with Gasteiger partial charge in [-0.2, -0.15) is 13.2 Å². The highest BCUT2D eigenvalue weighted by atomic mass is 127. The Balaban J connectivity index is 0.00000392. The summed E-state index contributed by atoms with van der Waals surface area (Å²) >= 11 is 0. The molecule has 0 aliphatic carbocycles. The van der Waals surface area contributed by atoms with E-state index < -0.39 is 11.7 Å². The van der Waals surface area contributed by atoms with Crippen LogP contribution in [-0.4, -0.2) is 25.7 Å². The van der Waals surface area contributed by atoms with E-state index in [2.05, 4.69) is 15.6 Å². The maximum absolute atomic E-state index is 12.8. The summed E-state index contributed by atoms with van der Waals surface area (Å²) in [4.78, 5) is 4.34. The summed E-state index contributed by atoms with van der Waals surface area (Å²) in [5.41, 5.74) is -0.161. The van der Waals surface area contributed by atoms with Gasteiger partial charge in [-0.15, -0.1) is 24.0 Å². The Morgan fingerprint density at radius 2 is 2.00 bits per heavy atom. The second-order valence-electron chi connectivity index (χ2n) is 5.81. The zero-order chi connectivity index (χ0) is 19.5. The van der Waals surface area contributed by atoms with Gasteiger partial charge in [-0.3, -0.25) is 0 Å². The highest BCUT2D eigenvalue weighted by molar-refractivity contribution is 14.0. The van der Waals surface area contributed by atoms with Gasteiger partial charge in [0, 0.05) is 19.7 Å². The molecule has 28 heavy (non-hydrogen) atoms. The Hall–Kier alpha value is -1.75. The van der Waals surface area contributed by atoms with Gasteiger partial charge in [0.1, 0.15) is 12.4 Å². The van der Waals surface area contributed by atoms with Crippen molar-refractivity contribution in [2.24, 2.45) is 4.99 Å². The number of guanidine groups is 1. The lowest BCUT2D eigenvalue weighted by atomic mass is 10.1. The number of rotatable bonds is 9. The Kier molecular flexibility index (Phi) is 11.0. The van der Waals surface area contributed by atoms with Crippen molar-refractivity contribution in [1.82, 2.24) is 10.6 Å². The molecule has 156 valence electrons. The van der Waals surface area contributed by atoms with Gasteiger partial charge in [-0.05, 0) is 43.2 Å². The van der Waals surface area contributed by atoms with Crippen molar-refractivity contribution in [2.75, 3.05) is 19.7 Å². The minimum absolute atomic E-state index is 0. The van der Waals surface area contributed by atoms with Gasteiger partial charge in [0.05, 0.1) is 18.4 Å². The fraction of sp³-hybridized carbons (Fsp3) is 0.421. The molecule has 0 atom stereocenters. The Morgan fingerprint density at radius 3 is 2.68 bits per heavy atom. The summed E-state index contributed by atoms with van der Waals surface area (Å²) in [5.74, 6) is 1.33. The summed E-state index contributed by atoms with van der Waals surface area (Å²) < 4.78 is 49.0. The van der Waals surface area contributed by atoms with Crippen LogP contribution in [0.2, 0.25) is 0 Å². The second kappa shape index (κ2) is 12.7. The van der Waals surface area contributed by atoms with Crippen LogP contribution in [-0.2, 0) is 24.1 Å². The van der Waals surface area contributed by atoms with E-state index in [-0.39, 0.29) is 30.5 Å². The highest BCUT2D eigenvalue weighted by Crippen LogP contribution is 2.29. The van der Waals surface area contributed by atoms with Gasteiger partial charge in [0.15, 0.2) is 5.96 Å². The van der Waals surface area contributed by atoms with Crippen LogP contribution in [0.3, 0.4) is 0 Å². The molecule has 0 amide bonds. The average Bonchev–Trinajstić information content (AvgIpc) is 3.15. The van der Waals surface area contributed by atoms with Gasteiger partial charge in [-0.1, -0.05) is 12.1 Å². The van der Waals surface area contributed by atoms with E-state index in [9.17, 15) is 13.2 Å². The normalized spacial score (nSPS) is 11.8. The summed E-state index contributed by atoms with van der Waals surface area (Å²) in [6.45, 7) is 4.36. The van der Waals surface area contributed by atoms with Crippen molar-refractivity contribution in [3.63, 3.8) is 0 Å². The number of furan rings is 1. The molecule has 0 spiro atoms. The summed E-state index contributed by atoms with van der Waals surface area (Å²) in [7, 11) is 0. The Morgan fingerprint density at radius 1 is 1.18 bits per heavy atom. The lowest BCUT2D eigenvalue weighted by Crippen LogP contribution is -2.38. The van der Waals surface area contributed by atoms with E-state index in [1.807, 2.05) is 19.1 Å². The largest absolute Gasteiger partial charge is 0.467 e. The molecule has 0 bridgehead atoms. The molecule has 9 heteroatoms. The molecular formula is C19H25F3IN3O2. The van der Waals surface area contributed by atoms with Gasteiger partial charge in [-0.25, -0.2) is 4.99 Å². The minimum atomic E-state index is -4.35. The van der Waals surface area contributed by atoms with Crippen molar-refractivity contribution in [3.8, 4) is 0 Å². The van der Waals surface area contributed by atoms with E-state index >= 15 is 0 Å². The molecule has 0 saturated carbocycles. The number of ether oxygens (including phenoxy) is 1. The van der Waals surface area contributed by atoms with Crippen molar-refractivity contribution in [3.05, 3.63) is 59.5 Å². The first kappa shape index (κ1) is 24.3. The molecule has 0 radical (unpaired) electrons. The maximum atomic E-state index is 12.8. The van der Waals surface area contributed by atoms with E-state index in [1.54, 1.807) is 12.3 Å². The number of nitrogens with one attached hydrogen (secondary N) is 2. The number of hydrogen-bond acceptors (Lipinski definition) is 3. The van der Waals surface area contributed by atoms with Crippen LogP contribution in [0.1, 0.15) is 30.2 Å². The lowest BCUT2D eigenvalue weighted by Gasteiger charge is -2.12. The maximum Gasteiger partial charge on any atom is 0.416 e. The predicted octanol–water partition coefficient (Wildman–Crippen LogP) is 4.58. The van der Waals surface area contributed by atoms with E-state index in [1.165, 1.54) is 6.07 Å². The first-order valence-electron chi connectivity index (χ1n) is 8.77. The van der Waals surface area contributed by atoms with Gasteiger partial charge < -0.3 is 19.8 Å². The van der Waals surface area contributed by atoms with Crippen molar-refractivity contribution in [2.45, 2.75) is 32.7 Å². The zero-order valence-corrected chi connectivity index (χ0v) is 17.9. The molecule has 2 aromatic rings. The molecule has 0 aliphatic rings.